The molecule has 2 fully saturated rings. The van der Waals surface area contributed by atoms with E-state index in [9.17, 15) is 19.5 Å². The summed E-state index contributed by atoms with van der Waals surface area (Å²) in [7, 11) is 0. The van der Waals surface area contributed by atoms with Crippen molar-refractivity contribution in [3.63, 3.8) is 0 Å². The summed E-state index contributed by atoms with van der Waals surface area (Å²) in [5, 5.41) is 9.45. The van der Waals surface area contributed by atoms with Crippen LogP contribution in [-0.2, 0) is 19.1 Å². The first-order valence-corrected chi connectivity index (χ1v) is 6.62. The van der Waals surface area contributed by atoms with E-state index in [1.165, 1.54) is 0 Å². The van der Waals surface area contributed by atoms with E-state index in [0.29, 0.717) is 12.8 Å². The van der Waals surface area contributed by atoms with Gasteiger partial charge in [0.05, 0.1) is 12.0 Å². The van der Waals surface area contributed by atoms with Crippen molar-refractivity contribution in [1.29, 1.82) is 0 Å². The lowest BCUT2D eigenvalue weighted by molar-refractivity contribution is -0.164. The average molecular weight is 269 g/mol. The first kappa shape index (κ1) is 14.0. The number of carbonyl (C=O) groups is 3. The number of aliphatic carboxylic acids is 1. The van der Waals surface area contributed by atoms with Crippen LogP contribution in [0.5, 0.6) is 0 Å². The molecule has 2 rings (SSSR count). The molecule has 0 spiro atoms. The van der Waals surface area contributed by atoms with Gasteiger partial charge in [-0.05, 0) is 12.8 Å². The Labute approximate surface area is 111 Å². The molecule has 0 aromatic heterocycles. The summed E-state index contributed by atoms with van der Waals surface area (Å²) in [5.41, 5.74) is -2.23. The van der Waals surface area contributed by atoms with Crippen molar-refractivity contribution in [1.82, 2.24) is 4.90 Å². The van der Waals surface area contributed by atoms with E-state index in [1.807, 2.05) is 13.8 Å². The SMILES string of the molecule is CCC1(CC)CC(=O)N(C2(C(=O)O)CCOC2)C1=O. The Hall–Kier alpha value is -1.43. The van der Waals surface area contributed by atoms with E-state index in [0.717, 1.165) is 4.90 Å². The zero-order chi connectivity index (χ0) is 14.3. The van der Waals surface area contributed by atoms with E-state index in [4.69, 9.17) is 4.74 Å². The lowest BCUT2D eigenvalue weighted by atomic mass is 9.80. The van der Waals surface area contributed by atoms with Gasteiger partial charge in [-0.15, -0.1) is 0 Å². The summed E-state index contributed by atoms with van der Waals surface area (Å²) in [6, 6.07) is 0. The summed E-state index contributed by atoms with van der Waals surface area (Å²) >= 11 is 0. The van der Waals surface area contributed by atoms with Crippen LogP contribution in [0.3, 0.4) is 0 Å². The van der Waals surface area contributed by atoms with Crippen LogP contribution in [0.25, 0.3) is 0 Å². The third kappa shape index (κ3) is 1.77. The second-order valence-corrected chi connectivity index (χ2v) is 5.34. The zero-order valence-corrected chi connectivity index (χ0v) is 11.3. The molecule has 2 heterocycles. The van der Waals surface area contributed by atoms with Gasteiger partial charge in [0, 0.05) is 19.4 Å². The van der Waals surface area contributed by atoms with Crippen LogP contribution >= 0.6 is 0 Å². The number of hydrogen-bond acceptors (Lipinski definition) is 4. The minimum atomic E-state index is -1.50. The molecule has 0 aromatic rings. The number of likely N-dealkylation sites (tertiary alicyclic amines) is 1. The van der Waals surface area contributed by atoms with E-state index in [1.54, 1.807) is 0 Å². The van der Waals surface area contributed by atoms with E-state index in [2.05, 4.69) is 0 Å². The van der Waals surface area contributed by atoms with Gasteiger partial charge < -0.3 is 9.84 Å². The largest absolute Gasteiger partial charge is 0.479 e. The normalized spacial score (nSPS) is 30.1. The smallest absolute Gasteiger partial charge is 0.332 e. The van der Waals surface area contributed by atoms with Gasteiger partial charge in [-0.2, -0.15) is 0 Å². The topological polar surface area (TPSA) is 83.9 Å². The highest BCUT2D eigenvalue weighted by atomic mass is 16.5. The number of amides is 2. The van der Waals surface area contributed by atoms with Crippen LogP contribution in [0.4, 0.5) is 0 Å². The number of hydrogen-bond donors (Lipinski definition) is 1. The second kappa shape index (κ2) is 4.59. The molecule has 2 saturated heterocycles. The molecule has 1 N–H and O–H groups in total. The Morgan fingerprint density at radius 2 is 2.00 bits per heavy atom. The van der Waals surface area contributed by atoms with Gasteiger partial charge in [-0.3, -0.25) is 14.5 Å². The fourth-order valence-corrected chi connectivity index (χ4v) is 3.02. The van der Waals surface area contributed by atoms with Crippen LogP contribution in [0.2, 0.25) is 0 Å². The minimum absolute atomic E-state index is 0.105. The van der Waals surface area contributed by atoms with E-state index in [-0.39, 0.29) is 37.9 Å². The molecule has 0 bridgehead atoms. The van der Waals surface area contributed by atoms with Crippen molar-refractivity contribution < 1.29 is 24.2 Å². The second-order valence-electron chi connectivity index (χ2n) is 5.34. The number of imide groups is 1. The van der Waals surface area contributed by atoms with Crippen LogP contribution in [0.15, 0.2) is 0 Å². The van der Waals surface area contributed by atoms with Gasteiger partial charge in [0.1, 0.15) is 0 Å². The molecule has 1 atom stereocenters. The maximum atomic E-state index is 12.6. The third-order valence-electron chi connectivity index (χ3n) is 4.58. The molecule has 2 aliphatic rings. The van der Waals surface area contributed by atoms with E-state index < -0.39 is 16.9 Å². The molecule has 106 valence electrons. The van der Waals surface area contributed by atoms with Crippen molar-refractivity contribution in [2.75, 3.05) is 13.2 Å². The Kier molecular flexibility index (Phi) is 3.38. The van der Waals surface area contributed by atoms with E-state index >= 15 is 0 Å². The van der Waals surface area contributed by atoms with Gasteiger partial charge in [0.2, 0.25) is 11.8 Å². The number of ether oxygens (including phenoxy) is 1. The monoisotopic (exact) mass is 269 g/mol. The molecule has 0 aromatic carbocycles. The quantitative estimate of drug-likeness (QED) is 0.763. The molecule has 0 radical (unpaired) electrons. The highest BCUT2D eigenvalue weighted by Gasteiger charge is 2.60. The van der Waals surface area contributed by atoms with Crippen LogP contribution < -0.4 is 0 Å². The van der Waals surface area contributed by atoms with Crippen molar-refractivity contribution >= 4 is 17.8 Å². The lowest BCUT2D eigenvalue weighted by Crippen LogP contribution is -2.58. The van der Waals surface area contributed by atoms with Gasteiger partial charge in [0.25, 0.3) is 0 Å². The number of carboxylic acid groups (broad SMARTS) is 1. The van der Waals surface area contributed by atoms with Crippen LogP contribution in [0, 0.1) is 5.41 Å². The molecule has 6 heteroatoms. The molecular formula is C13H19NO5. The highest BCUT2D eigenvalue weighted by molar-refractivity contribution is 6.09. The van der Waals surface area contributed by atoms with Crippen molar-refractivity contribution in [3.8, 4) is 0 Å². The van der Waals surface area contributed by atoms with Crippen LogP contribution in [-0.4, -0.2) is 46.5 Å². The minimum Gasteiger partial charge on any atom is -0.479 e. The van der Waals surface area contributed by atoms with Crippen molar-refractivity contribution in [3.05, 3.63) is 0 Å². The first-order valence-electron chi connectivity index (χ1n) is 6.62. The molecular weight excluding hydrogens is 250 g/mol. The number of nitrogens with zero attached hydrogens (tertiary/aromatic N) is 1. The maximum Gasteiger partial charge on any atom is 0.332 e. The summed E-state index contributed by atoms with van der Waals surface area (Å²) < 4.78 is 5.14. The Morgan fingerprint density at radius 1 is 1.37 bits per heavy atom. The zero-order valence-electron chi connectivity index (χ0n) is 11.3. The van der Waals surface area contributed by atoms with Crippen LogP contribution in [0.1, 0.15) is 39.5 Å². The maximum absolute atomic E-state index is 12.6. The highest BCUT2D eigenvalue weighted by Crippen LogP contribution is 2.44. The molecule has 1 unspecified atom stereocenters. The molecule has 19 heavy (non-hydrogen) atoms. The first-order chi connectivity index (χ1) is 8.93. The van der Waals surface area contributed by atoms with Crippen molar-refractivity contribution in [2.45, 2.75) is 45.1 Å². The molecule has 2 amide bonds. The summed E-state index contributed by atoms with van der Waals surface area (Å²) in [6.45, 7) is 3.87. The Bertz CT molecular complexity index is 421. The fourth-order valence-electron chi connectivity index (χ4n) is 3.02. The number of rotatable bonds is 4. The van der Waals surface area contributed by atoms with Gasteiger partial charge in [-0.1, -0.05) is 13.8 Å². The Balaban J connectivity index is 2.42. The standard InChI is InChI=1S/C13H19NO5/c1-3-12(4-2)7-9(15)14(10(12)16)13(11(17)18)5-6-19-8-13/h3-8H2,1-2H3,(H,17,18). The van der Waals surface area contributed by atoms with Gasteiger partial charge in [0.15, 0.2) is 5.54 Å². The lowest BCUT2D eigenvalue weighted by Gasteiger charge is -2.33. The average Bonchev–Trinajstić information content (AvgIpc) is 2.94. The predicted octanol–water partition coefficient (Wildman–Crippen LogP) is 0.795. The molecule has 2 aliphatic heterocycles. The van der Waals surface area contributed by atoms with Crippen molar-refractivity contribution in [2.24, 2.45) is 5.41 Å². The van der Waals surface area contributed by atoms with Gasteiger partial charge in [-0.25, -0.2) is 4.79 Å². The summed E-state index contributed by atoms with van der Waals surface area (Å²) in [6.07, 6.45) is 1.36. The number of carbonyl (C=O) groups excluding carboxylic acids is 2. The number of carboxylic acids is 1. The predicted molar refractivity (Wildman–Crippen MR) is 65.3 cm³/mol. The fraction of sp³-hybridized carbons (Fsp3) is 0.769. The van der Waals surface area contributed by atoms with Gasteiger partial charge >= 0.3 is 5.97 Å². The third-order valence-corrected chi connectivity index (χ3v) is 4.58. The Morgan fingerprint density at radius 3 is 2.37 bits per heavy atom. The molecule has 0 aliphatic carbocycles. The summed E-state index contributed by atoms with van der Waals surface area (Å²) in [4.78, 5) is 37.3. The summed E-state index contributed by atoms with van der Waals surface area (Å²) in [5.74, 6) is -1.90. The molecule has 6 nitrogen and oxygen atoms in total. The molecule has 0 saturated carbocycles.